The average Bonchev–Trinajstić information content (AvgIpc) is 3.64. The minimum atomic E-state index is -0.586. The molecule has 232 valence electrons. The topological polar surface area (TPSA) is 105 Å². The number of nitrogens with zero attached hydrogens (tertiary/aromatic N) is 5. The monoisotopic (exact) mass is 634 g/mol. The lowest BCUT2D eigenvalue weighted by Gasteiger charge is -2.26. The highest BCUT2D eigenvalue weighted by Crippen LogP contribution is 2.25. The Hall–Kier alpha value is -5.15. The first-order valence-corrected chi connectivity index (χ1v) is 15.7. The molecule has 1 N–H and O–H groups in total. The molecule has 0 unspecified atom stereocenters. The maximum absolute atomic E-state index is 14.1. The van der Waals surface area contributed by atoms with Crippen molar-refractivity contribution in [2.45, 2.75) is 6.92 Å². The van der Waals surface area contributed by atoms with Gasteiger partial charge < -0.3 is 10.1 Å². The molecular formula is C35H31FN6O3S. The molecule has 0 saturated carbocycles. The molecule has 1 aliphatic heterocycles. The zero-order valence-electron chi connectivity index (χ0n) is 25.1. The molecule has 0 aliphatic carbocycles. The van der Waals surface area contributed by atoms with Crippen molar-refractivity contribution in [3.8, 4) is 28.7 Å². The van der Waals surface area contributed by atoms with Gasteiger partial charge in [0.25, 0.3) is 11.5 Å². The second-order valence-electron chi connectivity index (χ2n) is 10.8. The zero-order valence-corrected chi connectivity index (χ0v) is 26.0. The molecule has 3 heterocycles. The number of thiazole rings is 1. The average molecular weight is 635 g/mol. The third-order valence-corrected chi connectivity index (χ3v) is 8.75. The number of hydrogen-bond donors (Lipinski definition) is 1. The molecule has 1 aliphatic rings. The van der Waals surface area contributed by atoms with Crippen LogP contribution in [0.25, 0.3) is 34.3 Å². The van der Waals surface area contributed by atoms with Crippen molar-refractivity contribution >= 4 is 28.9 Å². The van der Waals surface area contributed by atoms with Gasteiger partial charge in [0, 0.05) is 43.5 Å². The predicted octanol–water partition coefficient (Wildman–Crippen LogP) is 3.15. The SMILES string of the molecule is Cc1ccc(-c2nn(-c3ccccc3)cc2/C=c2\s/c(=C(\C#N)C(=O)NCCN3CCOCC3)n(-c3ccc(F)cc3)c2=O)cc1. The van der Waals surface area contributed by atoms with Crippen LogP contribution < -0.4 is 20.1 Å². The van der Waals surface area contributed by atoms with Crippen LogP contribution in [0.15, 0.2) is 89.9 Å². The van der Waals surface area contributed by atoms with Crippen LogP contribution in [0.3, 0.4) is 0 Å². The largest absolute Gasteiger partial charge is 0.379 e. The van der Waals surface area contributed by atoms with Gasteiger partial charge in [0.15, 0.2) is 5.57 Å². The van der Waals surface area contributed by atoms with E-state index < -0.39 is 17.3 Å². The molecule has 3 aromatic carbocycles. The first kappa shape index (κ1) is 30.9. The first-order chi connectivity index (χ1) is 22.4. The summed E-state index contributed by atoms with van der Waals surface area (Å²) >= 11 is 1.03. The number of amides is 1. The molecule has 6 rings (SSSR count). The second kappa shape index (κ2) is 13.9. The fourth-order valence-corrected chi connectivity index (χ4v) is 6.29. The van der Waals surface area contributed by atoms with Gasteiger partial charge in [-0.2, -0.15) is 10.4 Å². The van der Waals surface area contributed by atoms with Gasteiger partial charge in [-0.1, -0.05) is 48.0 Å². The van der Waals surface area contributed by atoms with Crippen molar-refractivity contribution in [3.63, 3.8) is 0 Å². The summed E-state index contributed by atoms with van der Waals surface area (Å²) < 4.78 is 22.8. The van der Waals surface area contributed by atoms with E-state index >= 15 is 0 Å². The summed E-state index contributed by atoms with van der Waals surface area (Å²) in [6.45, 7) is 5.75. The summed E-state index contributed by atoms with van der Waals surface area (Å²) in [6, 6.07) is 25.0. The number of para-hydroxylation sites is 1. The van der Waals surface area contributed by atoms with Crippen LogP contribution in [0.2, 0.25) is 0 Å². The molecule has 0 bridgehead atoms. The third kappa shape index (κ3) is 6.74. The lowest BCUT2D eigenvalue weighted by Crippen LogP contribution is -2.42. The highest BCUT2D eigenvalue weighted by atomic mass is 32.1. The number of aryl methyl sites for hydroxylation is 1. The van der Waals surface area contributed by atoms with E-state index in [9.17, 15) is 19.2 Å². The van der Waals surface area contributed by atoms with Gasteiger partial charge in [0.1, 0.15) is 16.5 Å². The van der Waals surface area contributed by atoms with E-state index in [1.54, 1.807) is 10.8 Å². The summed E-state index contributed by atoms with van der Waals surface area (Å²) in [7, 11) is 0. The fraction of sp³-hybridized carbons (Fsp3) is 0.200. The Bertz CT molecular complexity index is 2070. The number of carbonyl (C=O) groups excluding carboxylic acids is 1. The number of hydrogen-bond acceptors (Lipinski definition) is 7. The number of benzene rings is 3. The Morgan fingerprint density at radius 1 is 1.04 bits per heavy atom. The molecule has 0 atom stereocenters. The van der Waals surface area contributed by atoms with Crippen LogP contribution in [0.4, 0.5) is 4.39 Å². The maximum atomic E-state index is 14.1. The smallest absolute Gasteiger partial charge is 0.273 e. The Morgan fingerprint density at radius 3 is 2.46 bits per heavy atom. The van der Waals surface area contributed by atoms with E-state index in [2.05, 4.69) is 10.2 Å². The summed E-state index contributed by atoms with van der Waals surface area (Å²) in [4.78, 5) is 29.6. The number of ether oxygens (including phenoxy) is 1. The standard InChI is InChI=1S/C35H31FN6O3S/c1-24-7-9-25(10-8-24)32-26(23-41(39-32)28-5-3-2-4-6-28)21-31-34(44)42(29-13-11-27(36)12-14-29)35(46-31)30(22-37)33(43)38-15-16-40-17-19-45-20-18-40/h2-14,21,23H,15-20H2,1H3,(H,38,43)/b31-21-,35-30+. The Labute approximate surface area is 268 Å². The highest BCUT2D eigenvalue weighted by molar-refractivity contribution is 7.07. The molecule has 0 spiro atoms. The van der Waals surface area contributed by atoms with Crippen molar-refractivity contribution < 1.29 is 13.9 Å². The van der Waals surface area contributed by atoms with E-state index in [0.29, 0.717) is 43.2 Å². The number of rotatable bonds is 8. The van der Waals surface area contributed by atoms with Gasteiger partial charge in [-0.25, -0.2) is 9.07 Å². The van der Waals surface area contributed by atoms with Crippen LogP contribution in [-0.4, -0.2) is 64.5 Å². The molecule has 0 radical (unpaired) electrons. The van der Waals surface area contributed by atoms with Crippen molar-refractivity contribution in [3.05, 3.63) is 122 Å². The van der Waals surface area contributed by atoms with Crippen LogP contribution in [0.1, 0.15) is 11.1 Å². The van der Waals surface area contributed by atoms with E-state index in [-0.39, 0.29) is 14.8 Å². The van der Waals surface area contributed by atoms with Gasteiger partial charge in [-0.05, 0) is 49.4 Å². The van der Waals surface area contributed by atoms with Crippen molar-refractivity contribution in [2.24, 2.45) is 0 Å². The van der Waals surface area contributed by atoms with Crippen molar-refractivity contribution in [1.29, 1.82) is 5.26 Å². The first-order valence-electron chi connectivity index (χ1n) is 14.9. The number of nitrogens with one attached hydrogen (secondary N) is 1. The minimum Gasteiger partial charge on any atom is -0.379 e. The maximum Gasteiger partial charge on any atom is 0.273 e. The van der Waals surface area contributed by atoms with E-state index in [0.717, 1.165) is 41.2 Å². The Morgan fingerprint density at radius 2 is 1.76 bits per heavy atom. The molecule has 1 amide bonds. The Kier molecular flexibility index (Phi) is 9.30. The number of aromatic nitrogens is 3. The second-order valence-corrected chi connectivity index (χ2v) is 11.8. The fourth-order valence-electron chi connectivity index (χ4n) is 5.19. The highest BCUT2D eigenvalue weighted by Gasteiger charge is 2.19. The molecule has 11 heteroatoms. The summed E-state index contributed by atoms with van der Waals surface area (Å²) in [5.74, 6) is -1.06. The normalized spacial score (nSPS) is 14.6. The molecule has 1 fully saturated rings. The van der Waals surface area contributed by atoms with E-state index in [1.807, 2.05) is 73.8 Å². The van der Waals surface area contributed by atoms with Crippen LogP contribution in [0, 0.1) is 24.1 Å². The van der Waals surface area contributed by atoms with E-state index in [1.165, 1.54) is 28.8 Å². The summed E-state index contributed by atoms with van der Waals surface area (Å²) in [5.41, 5.74) is 3.85. The van der Waals surface area contributed by atoms with Crippen LogP contribution >= 0.6 is 11.3 Å². The lowest BCUT2D eigenvalue weighted by atomic mass is 10.1. The Balaban J connectivity index is 1.48. The quantitative estimate of drug-likeness (QED) is 0.281. The third-order valence-electron chi connectivity index (χ3n) is 7.65. The van der Waals surface area contributed by atoms with Gasteiger partial charge in [-0.15, -0.1) is 11.3 Å². The minimum absolute atomic E-state index is 0.154. The molecule has 2 aromatic heterocycles. The molecule has 5 aromatic rings. The molecular weight excluding hydrogens is 603 g/mol. The van der Waals surface area contributed by atoms with Gasteiger partial charge in [0.2, 0.25) is 0 Å². The van der Waals surface area contributed by atoms with Crippen molar-refractivity contribution in [1.82, 2.24) is 24.6 Å². The van der Waals surface area contributed by atoms with Gasteiger partial charge in [0.05, 0.1) is 34.8 Å². The molecule has 9 nitrogen and oxygen atoms in total. The number of carbonyl (C=O) groups is 1. The van der Waals surface area contributed by atoms with Crippen molar-refractivity contribution in [2.75, 3.05) is 39.4 Å². The lowest BCUT2D eigenvalue weighted by molar-refractivity contribution is -0.115. The van der Waals surface area contributed by atoms with Crippen LogP contribution in [0.5, 0.6) is 0 Å². The molecule has 1 saturated heterocycles. The van der Waals surface area contributed by atoms with Gasteiger partial charge in [-0.3, -0.25) is 19.1 Å². The van der Waals surface area contributed by atoms with Crippen LogP contribution in [-0.2, 0) is 9.53 Å². The summed E-state index contributed by atoms with van der Waals surface area (Å²) in [6.07, 6.45) is 3.57. The van der Waals surface area contributed by atoms with Gasteiger partial charge >= 0.3 is 0 Å². The summed E-state index contributed by atoms with van der Waals surface area (Å²) in [5, 5.41) is 17.9. The number of halogens is 1. The zero-order chi connectivity index (χ0) is 32.0. The number of morpholine rings is 1. The predicted molar refractivity (Wildman–Crippen MR) is 176 cm³/mol. The number of nitriles is 1. The van der Waals surface area contributed by atoms with E-state index in [4.69, 9.17) is 9.84 Å². The molecule has 46 heavy (non-hydrogen) atoms.